The molecule has 1 N–H and O–H groups in total. The van der Waals surface area contributed by atoms with Gasteiger partial charge in [-0.15, -0.1) is 0 Å². The van der Waals surface area contributed by atoms with Crippen LogP contribution in [0.3, 0.4) is 0 Å². The average molecular weight is 422 g/mol. The van der Waals surface area contributed by atoms with Gasteiger partial charge in [-0.1, -0.05) is 12.1 Å². The Bertz CT molecular complexity index is 995. The molecule has 2 heterocycles. The zero-order valence-corrected chi connectivity index (χ0v) is 16.7. The topological polar surface area (TPSA) is 126 Å². The molecule has 0 atom stereocenters. The van der Waals surface area contributed by atoms with E-state index in [0.29, 0.717) is 26.2 Å². The molecule has 1 aromatic heterocycles. The van der Waals surface area contributed by atoms with Gasteiger partial charge in [-0.3, -0.25) is 14.9 Å². The number of nitro groups is 1. The van der Waals surface area contributed by atoms with Crippen molar-refractivity contribution in [2.45, 2.75) is 6.92 Å². The van der Waals surface area contributed by atoms with E-state index in [2.05, 4.69) is 16.3 Å². The lowest BCUT2D eigenvalue weighted by molar-refractivity contribution is -0.402. The van der Waals surface area contributed by atoms with E-state index in [-0.39, 0.29) is 18.1 Å². The highest BCUT2D eigenvalue weighted by Crippen LogP contribution is 2.19. The number of nitrogens with zero attached hydrogens (tertiary/aromatic N) is 3. The van der Waals surface area contributed by atoms with Crippen LogP contribution in [0, 0.1) is 17.0 Å². The van der Waals surface area contributed by atoms with Crippen molar-refractivity contribution in [1.82, 2.24) is 9.62 Å². The molecule has 0 unspecified atom stereocenters. The van der Waals surface area contributed by atoms with E-state index in [1.807, 2.05) is 25.1 Å². The van der Waals surface area contributed by atoms with Crippen LogP contribution in [-0.2, 0) is 10.0 Å². The Kier molecular flexibility index (Phi) is 6.18. The molecule has 10 nitrogen and oxygen atoms in total. The van der Waals surface area contributed by atoms with Crippen molar-refractivity contribution in [2.75, 3.05) is 43.4 Å². The van der Waals surface area contributed by atoms with Gasteiger partial charge in [0, 0.05) is 38.4 Å². The van der Waals surface area contributed by atoms with E-state index in [4.69, 9.17) is 4.42 Å². The quantitative estimate of drug-likeness (QED) is 0.528. The Balaban J connectivity index is 1.48. The van der Waals surface area contributed by atoms with Gasteiger partial charge in [-0.2, -0.15) is 4.31 Å². The van der Waals surface area contributed by atoms with Crippen molar-refractivity contribution in [2.24, 2.45) is 0 Å². The number of piperazine rings is 1. The summed E-state index contributed by atoms with van der Waals surface area (Å²) < 4.78 is 31.3. The molecule has 0 bridgehead atoms. The summed E-state index contributed by atoms with van der Waals surface area (Å²) in [5.41, 5.74) is 2.22. The van der Waals surface area contributed by atoms with Crippen molar-refractivity contribution in [3.8, 4) is 0 Å². The largest absolute Gasteiger partial charge is 0.433 e. The number of sulfonamides is 1. The normalized spacial score (nSPS) is 15.3. The zero-order valence-electron chi connectivity index (χ0n) is 15.9. The molecule has 1 fully saturated rings. The van der Waals surface area contributed by atoms with E-state index >= 15 is 0 Å². The number of anilines is 1. The van der Waals surface area contributed by atoms with Crippen molar-refractivity contribution in [3.05, 3.63) is 57.8 Å². The first kappa shape index (κ1) is 20.8. The molecule has 1 aliphatic rings. The molecular formula is C18H22N4O6S. The molecule has 1 saturated heterocycles. The van der Waals surface area contributed by atoms with E-state index in [1.165, 1.54) is 10.4 Å². The van der Waals surface area contributed by atoms with Gasteiger partial charge in [-0.05, 0) is 30.7 Å². The molecule has 0 radical (unpaired) electrons. The fourth-order valence-corrected chi connectivity index (χ4v) is 4.44. The molecule has 29 heavy (non-hydrogen) atoms. The van der Waals surface area contributed by atoms with Crippen LogP contribution in [0.5, 0.6) is 0 Å². The van der Waals surface area contributed by atoms with E-state index in [9.17, 15) is 23.3 Å². The number of hydrogen-bond acceptors (Lipinski definition) is 7. The minimum absolute atomic E-state index is 0.117. The Labute approximate surface area is 168 Å². The van der Waals surface area contributed by atoms with Crippen LogP contribution in [0.25, 0.3) is 0 Å². The summed E-state index contributed by atoms with van der Waals surface area (Å²) in [4.78, 5) is 23.9. The Hall–Kier alpha value is -2.92. The minimum atomic E-state index is -3.53. The molecular weight excluding hydrogens is 400 g/mol. The SMILES string of the molecule is Cc1cccc(N2CCN(S(=O)(=O)CCNC(=O)c3ccc([N+](=O)[O-])o3)CC2)c1. The number of hydrogen-bond donors (Lipinski definition) is 1. The fourth-order valence-electron chi connectivity index (χ4n) is 3.11. The first-order chi connectivity index (χ1) is 13.8. The van der Waals surface area contributed by atoms with Gasteiger partial charge in [0.15, 0.2) is 5.76 Å². The molecule has 1 aromatic carbocycles. The van der Waals surface area contributed by atoms with Crippen LogP contribution in [0.15, 0.2) is 40.8 Å². The summed E-state index contributed by atoms with van der Waals surface area (Å²) in [6, 6.07) is 10.3. The molecule has 1 amide bonds. The second-order valence-electron chi connectivity index (χ2n) is 6.69. The van der Waals surface area contributed by atoms with Gasteiger partial charge in [0.05, 0.1) is 11.8 Å². The van der Waals surface area contributed by atoms with Gasteiger partial charge in [-0.25, -0.2) is 8.42 Å². The van der Waals surface area contributed by atoms with Gasteiger partial charge >= 0.3 is 5.88 Å². The van der Waals surface area contributed by atoms with Crippen molar-refractivity contribution < 1.29 is 22.6 Å². The molecule has 1 aliphatic heterocycles. The third-order valence-electron chi connectivity index (χ3n) is 4.64. The fraction of sp³-hybridized carbons (Fsp3) is 0.389. The Morgan fingerprint density at radius 3 is 2.55 bits per heavy atom. The maximum absolute atomic E-state index is 12.5. The summed E-state index contributed by atoms with van der Waals surface area (Å²) in [7, 11) is -3.53. The molecule has 0 aliphatic carbocycles. The molecule has 11 heteroatoms. The maximum atomic E-state index is 12.5. The van der Waals surface area contributed by atoms with Crippen LogP contribution in [-0.4, -0.2) is 62.0 Å². The van der Waals surface area contributed by atoms with Crippen LogP contribution >= 0.6 is 0 Å². The lowest BCUT2D eigenvalue weighted by Gasteiger charge is -2.35. The van der Waals surface area contributed by atoms with E-state index in [1.54, 1.807) is 0 Å². The number of rotatable bonds is 7. The third kappa shape index (κ3) is 5.12. The standard InChI is InChI=1S/C18H22N4O6S/c1-14-3-2-4-15(13-14)20-8-10-21(11-9-20)29(26,27)12-7-19-18(23)16-5-6-17(28-16)22(24)25/h2-6,13H,7-12H2,1H3,(H,19,23). The Morgan fingerprint density at radius 1 is 1.21 bits per heavy atom. The number of furan rings is 1. The molecule has 2 aromatic rings. The number of carbonyl (C=O) groups is 1. The summed E-state index contributed by atoms with van der Waals surface area (Å²) in [6.45, 7) is 3.81. The number of aryl methyl sites for hydroxylation is 1. The van der Waals surface area contributed by atoms with Crippen LogP contribution < -0.4 is 10.2 Å². The monoisotopic (exact) mass is 422 g/mol. The molecule has 156 valence electrons. The lowest BCUT2D eigenvalue weighted by Crippen LogP contribution is -2.50. The van der Waals surface area contributed by atoms with Crippen LogP contribution in [0.4, 0.5) is 11.6 Å². The highest BCUT2D eigenvalue weighted by molar-refractivity contribution is 7.89. The van der Waals surface area contributed by atoms with Gasteiger partial charge in [0.1, 0.15) is 4.92 Å². The van der Waals surface area contributed by atoms with Gasteiger partial charge < -0.3 is 14.6 Å². The Morgan fingerprint density at radius 2 is 1.93 bits per heavy atom. The zero-order chi connectivity index (χ0) is 21.0. The van der Waals surface area contributed by atoms with Gasteiger partial charge in [0.25, 0.3) is 5.91 Å². The average Bonchev–Trinajstić information content (AvgIpc) is 3.19. The highest BCUT2D eigenvalue weighted by Gasteiger charge is 2.27. The first-order valence-corrected chi connectivity index (χ1v) is 10.7. The summed E-state index contributed by atoms with van der Waals surface area (Å²) in [5, 5.41) is 13.0. The number of benzene rings is 1. The highest BCUT2D eigenvalue weighted by atomic mass is 32.2. The summed E-state index contributed by atoms with van der Waals surface area (Å²) in [5.74, 6) is -1.74. The summed E-state index contributed by atoms with van der Waals surface area (Å²) >= 11 is 0. The van der Waals surface area contributed by atoms with E-state index in [0.717, 1.165) is 17.3 Å². The van der Waals surface area contributed by atoms with Crippen molar-refractivity contribution in [1.29, 1.82) is 0 Å². The van der Waals surface area contributed by atoms with E-state index < -0.39 is 26.7 Å². The number of amides is 1. The lowest BCUT2D eigenvalue weighted by atomic mass is 10.2. The first-order valence-electron chi connectivity index (χ1n) is 9.08. The maximum Gasteiger partial charge on any atom is 0.433 e. The molecule has 0 saturated carbocycles. The van der Waals surface area contributed by atoms with Gasteiger partial charge in [0.2, 0.25) is 10.0 Å². The smallest absolute Gasteiger partial charge is 0.395 e. The minimum Gasteiger partial charge on any atom is -0.395 e. The molecule has 0 spiro atoms. The van der Waals surface area contributed by atoms with Crippen LogP contribution in [0.2, 0.25) is 0 Å². The van der Waals surface area contributed by atoms with Crippen LogP contribution in [0.1, 0.15) is 16.1 Å². The van der Waals surface area contributed by atoms with Crippen molar-refractivity contribution >= 4 is 27.5 Å². The number of carbonyl (C=O) groups excluding carboxylic acids is 1. The molecule has 3 rings (SSSR count). The predicted molar refractivity (Wildman–Crippen MR) is 106 cm³/mol. The second kappa shape index (κ2) is 8.62. The predicted octanol–water partition coefficient (Wildman–Crippen LogP) is 1.38. The number of nitrogens with one attached hydrogen (secondary N) is 1. The second-order valence-corrected chi connectivity index (χ2v) is 8.78. The third-order valence-corrected chi connectivity index (χ3v) is 6.51. The van der Waals surface area contributed by atoms with Crippen molar-refractivity contribution in [3.63, 3.8) is 0 Å². The summed E-state index contributed by atoms with van der Waals surface area (Å²) in [6.07, 6.45) is 0.